The van der Waals surface area contributed by atoms with E-state index in [9.17, 15) is 0 Å². The summed E-state index contributed by atoms with van der Waals surface area (Å²) >= 11 is 0. The molecule has 0 saturated heterocycles. The summed E-state index contributed by atoms with van der Waals surface area (Å²) in [6, 6.07) is 1.44. The van der Waals surface area contributed by atoms with Crippen molar-refractivity contribution in [3.8, 4) is 0 Å². The van der Waals surface area contributed by atoms with Gasteiger partial charge in [0.2, 0.25) is 0 Å². The van der Waals surface area contributed by atoms with E-state index in [0.717, 1.165) is 6.54 Å². The highest BCUT2D eigenvalue weighted by Crippen LogP contribution is 2.07. The first-order valence-corrected chi connectivity index (χ1v) is 8.74. The van der Waals surface area contributed by atoms with Crippen molar-refractivity contribution in [2.45, 2.75) is 63.8 Å². The number of hydrogen-bond donors (Lipinski definition) is 2. The second kappa shape index (κ2) is 15.1. The third kappa shape index (κ3) is 14.1. The molecule has 0 atom stereocenters. The smallest absolute Gasteiger partial charge is 0.00286 e. The van der Waals surface area contributed by atoms with Crippen LogP contribution >= 0.6 is 0 Å². The predicted molar refractivity (Wildman–Crippen MR) is 78.2 cm³/mol. The summed E-state index contributed by atoms with van der Waals surface area (Å²) in [4.78, 5) is 0. The van der Waals surface area contributed by atoms with Gasteiger partial charge in [-0.25, -0.2) is 0 Å². The second-order valence-electron chi connectivity index (χ2n) is 4.72. The van der Waals surface area contributed by atoms with Crippen molar-refractivity contribution in [2.75, 3.05) is 19.6 Å². The fourth-order valence-electron chi connectivity index (χ4n) is 1.88. The highest BCUT2D eigenvalue weighted by molar-refractivity contribution is 6.08. The molecule has 0 bridgehead atoms. The first kappa shape index (κ1) is 16.1. The lowest BCUT2D eigenvalue weighted by molar-refractivity contribution is 0.551. The van der Waals surface area contributed by atoms with E-state index in [1.807, 2.05) is 0 Å². The summed E-state index contributed by atoms with van der Waals surface area (Å²) in [6.45, 7) is 3.34. The maximum absolute atomic E-state index is 5.45. The molecular formula is C13H32N2Si. The maximum atomic E-state index is 5.45. The zero-order valence-corrected chi connectivity index (χ0v) is 13.3. The van der Waals surface area contributed by atoms with Crippen LogP contribution in [-0.4, -0.2) is 29.9 Å². The normalized spacial score (nSPS) is 11.1. The monoisotopic (exact) mass is 244 g/mol. The molecule has 0 aliphatic heterocycles. The van der Waals surface area contributed by atoms with Crippen molar-refractivity contribution in [1.82, 2.24) is 5.32 Å². The van der Waals surface area contributed by atoms with Crippen LogP contribution in [-0.2, 0) is 0 Å². The van der Waals surface area contributed by atoms with Crippen molar-refractivity contribution in [3.63, 3.8) is 0 Å². The molecule has 0 rings (SSSR count). The summed E-state index contributed by atoms with van der Waals surface area (Å²) < 4.78 is 0. The summed E-state index contributed by atoms with van der Waals surface area (Å²) in [6.07, 6.45) is 12.3. The van der Waals surface area contributed by atoms with Gasteiger partial charge in [0.05, 0.1) is 0 Å². The van der Waals surface area contributed by atoms with Gasteiger partial charge in [0.15, 0.2) is 0 Å². The quantitative estimate of drug-likeness (QED) is 0.383. The molecule has 0 spiro atoms. The predicted octanol–water partition coefficient (Wildman–Crippen LogP) is 1.83. The molecule has 0 aromatic carbocycles. The molecule has 0 aromatic rings. The average Bonchev–Trinajstić information content (AvgIpc) is 2.31. The number of nitrogens with two attached hydrogens (primary N) is 1. The lowest BCUT2D eigenvalue weighted by Crippen LogP contribution is -2.16. The third-order valence-electron chi connectivity index (χ3n) is 3.01. The van der Waals surface area contributed by atoms with Gasteiger partial charge in [-0.1, -0.05) is 44.6 Å². The molecule has 3 N–H and O–H groups in total. The van der Waals surface area contributed by atoms with Gasteiger partial charge < -0.3 is 11.1 Å². The molecular weight excluding hydrogens is 212 g/mol. The van der Waals surface area contributed by atoms with E-state index in [4.69, 9.17) is 5.73 Å². The Bertz CT molecular complexity index is 107. The molecule has 98 valence electrons. The van der Waals surface area contributed by atoms with Gasteiger partial charge in [0.25, 0.3) is 0 Å². The Morgan fingerprint density at radius 3 is 1.75 bits per heavy atom. The Morgan fingerprint density at radius 1 is 0.688 bits per heavy atom. The minimum absolute atomic E-state index is 0.867. The summed E-state index contributed by atoms with van der Waals surface area (Å²) in [5.41, 5.74) is 5.45. The van der Waals surface area contributed by atoms with Crippen LogP contribution in [0.1, 0.15) is 57.8 Å². The first-order chi connectivity index (χ1) is 7.91. The van der Waals surface area contributed by atoms with Crippen molar-refractivity contribution in [1.29, 1.82) is 0 Å². The van der Waals surface area contributed by atoms with Gasteiger partial charge in [0.1, 0.15) is 0 Å². The van der Waals surface area contributed by atoms with Crippen LogP contribution in [0, 0.1) is 0 Å². The summed E-state index contributed by atoms with van der Waals surface area (Å²) in [5, 5.41) is 3.51. The van der Waals surface area contributed by atoms with Crippen molar-refractivity contribution in [2.24, 2.45) is 5.73 Å². The summed E-state index contributed by atoms with van der Waals surface area (Å²) in [5.74, 6) is 0. The fraction of sp³-hybridized carbons (Fsp3) is 1.00. The Labute approximate surface area is 105 Å². The molecule has 0 aliphatic carbocycles. The van der Waals surface area contributed by atoms with E-state index in [0.29, 0.717) is 0 Å². The van der Waals surface area contributed by atoms with Crippen LogP contribution in [0.25, 0.3) is 0 Å². The number of unbranched alkanes of at least 4 members (excludes halogenated alkanes) is 7. The lowest BCUT2D eigenvalue weighted by Gasteiger charge is -2.04. The number of hydrogen-bond acceptors (Lipinski definition) is 2. The van der Waals surface area contributed by atoms with Crippen molar-refractivity contribution in [3.05, 3.63) is 0 Å². The van der Waals surface area contributed by atoms with E-state index in [-0.39, 0.29) is 0 Å². The minimum atomic E-state index is 0.867. The van der Waals surface area contributed by atoms with E-state index in [1.165, 1.54) is 87.2 Å². The standard InChI is InChI=1S/C13H32N2Si/c14-10-7-5-3-1-2-4-6-8-11-15-12-9-13-16/h15H,1-14H2,16H3. The Kier molecular flexibility index (Phi) is 15.3. The molecule has 0 radical (unpaired) electrons. The highest BCUT2D eigenvalue weighted by atomic mass is 28.1. The van der Waals surface area contributed by atoms with Crippen molar-refractivity contribution < 1.29 is 0 Å². The third-order valence-corrected chi connectivity index (χ3v) is 3.72. The molecule has 0 amide bonds. The Balaban J connectivity index is 2.83. The molecule has 0 saturated carbocycles. The van der Waals surface area contributed by atoms with Gasteiger partial charge in [-0.2, -0.15) is 0 Å². The number of rotatable bonds is 13. The molecule has 2 nitrogen and oxygen atoms in total. The first-order valence-electron chi connectivity index (χ1n) is 7.32. The van der Waals surface area contributed by atoms with E-state index >= 15 is 0 Å². The van der Waals surface area contributed by atoms with Crippen LogP contribution < -0.4 is 11.1 Å². The zero-order valence-electron chi connectivity index (χ0n) is 11.3. The average molecular weight is 244 g/mol. The molecule has 0 heterocycles. The molecule has 0 unspecified atom stereocenters. The Morgan fingerprint density at radius 2 is 1.19 bits per heavy atom. The SMILES string of the molecule is NCCCCCCCCCCNCCC[SiH3]. The van der Waals surface area contributed by atoms with Gasteiger partial charge in [-0.05, 0) is 38.9 Å². The van der Waals surface area contributed by atoms with Crippen LogP contribution in [0.4, 0.5) is 0 Å². The van der Waals surface area contributed by atoms with Gasteiger partial charge in [-0.15, -0.1) is 0 Å². The topological polar surface area (TPSA) is 38.0 Å². The largest absolute Gasteiger partial charge is 0.330 e. The zero-order chi connectivity index (χ0) is 11.9. The minimum Gasteiger partial charge on any atom is -0.330 e. The molecule has 0 aliphatic rings. The highest BCUT2D eigenvalue weighted by Gasteiger charge is 1.92. The van der Waals surface area contributed by atoms with Crippen LogP contribution in [0.15, 0.2) is 0 Å². The van der Waals surface area contributed by atoms with Crippen LogP contribution in [0.5, 0.6) is 0 Å². The lowest BCUT2D eigenvalue weighted by atomic mass is 10.1. The Hall–Kier alpha value is 0.137. The maximum Gasteiger partial charge on any atom is 0.00286 e. The molecule has 16 heavy (non-hydrogen) atoms. The summed E-state index contributed by atoms with van der Waals surface area (Å²) in [7, 11) is 1.36. The van der Waals surface area contributed by atoms with Crippen LogP contribution in [0.2, 0.25) is 6.04 Å². The van der Waals surface area contributed by atoms with Gasteiger partial charge >= 0.3 is 0 Å². The molecule has 0 fully saturated rings. The molecule has 3 heteroatoms. The number of nitrogens with one attached hydrogen (secondary N) is 1. The second-order valence-corrected chi connectivity index (χ2v) is 5.72. The van der Waals surface area contributed by atoms with Gasteiger partial charge in [0, 0.05) is 10.2 Å². The van der Waals surface area contributed by atoms with E-state index in [1.54, 1.807) is 0 Å². The van der Waals surface area contributed by atoms with E-state index < -0.39 is 0 Å². The van der Waals surface area contributed by atoms with Crippen molar-refractivity contribution >= 4 is 10.2 Å². The fourth-order valence-corrected chi connectivity index (χ4v) is 2.24. The molecule has 0 aromatic heterocycles. The van der Waals surface area contributed by atoms with Crippen LogP contribution in [0.3, 0.4) is 0 Å². The van der Waals surface area contributed by atoms with Gasteiger partial charge in [-0.3, -0.25) is 0 Å². The van der Waals surface area contributed by atoms with E-state index in [2.05, 4.69) is 5.32 Å².